The van der Waals surface area contributed by atoms with E-state index >= 15 is 0 Å². The molecule has 0 amide bonds. The van der Waals surface area contributed by atoms with E-state index in [0.29, 0.717) is 13.1 Å². The van der Waals surface area contributed by atoms with Gasteiger partial charge in [0.15, 0.2) is 0 Å². The summed E-state index contributed by atoms with van der Waals surface area (Å²) in [4.78, 5) is 11.8. The Kier molecular flexibility index (Phi) is 5.30. The van der Waals surface area contributed by atoms with E-state index in [1.165, 1.54) is 4.31 Å². The Morgan fingerprint density at radius 3 is 2.31 bits per heavy atom. The van der Waals surface area contributed by atoms with Crippen LogP contribution in [0, 0.1) is 15.9 Å². The maximum atomic E-state index is 13.5. The number of sulfonamides is 1. The number of hydrogen-bond acceptors (Lipinski definition) is 5. The number of benzene rings is 2. The summed E-state index contributed by atoms with van der Waals surface area (Å²) in [5.74, 6) is -1.05. The summed E-state index contributed by atoms with van der Waals surface area (Å²) in [7, 11) is -3.90. The van der Waals surface area contributed by atoms with Gasteiger partial charge in [-0.3, -0.25) is 15.0 Å². The number of nitro benzene ring substituents is 1. The number of piperazine rings is 1. The van der Waals surface area contributed by atoms with Crippen LogP contribution in [-0.4, -0.2) is 48.7 Å². The fourth-order valence-corrected chi connectivity index (χ4v) is 4.35. The second-order valence-electron chi connectivity index (χ2n) is 6.04. The molecule has 0 aliphatic carbocycles. The van der Waals surface area contributed by atoms with E-state index in [1.807, 2.05) is 30.3 Å². The molecule has 0 aromatic heterocycles. The Morgan fingerprint density at radius 1 is 1.04 bits per heavy atom. The van der Waals surface area contributed by atoms with E-state index in [1.54, 1.807) is 0 Å². The molecule has 0 bridgehead atoms. The average Bonchev–Trinajstić information content (AvgIpc) is 2.63. The maximum Gasteiger partial charge on any atom is 0.306 e. The van der Waals surface area contributed by atoms with Crippen LogP contribution in [0.15, 0.2) is 53.4 Å². The molecule has 26 heavy (non-hydrogen) atoms. The third-order valence-electron chi connectivity index (χ3n) is 4.33. The van der Waals surface area contributed by atoms with Crippen LogP contribution in [-0.2, 0) is 16.6 Å². The lowest BCUT2D eigenvalue weighted by molar-refractivity contribution is -0.387. The van der Waals surface area contributed by atoms with Crippen molar-refractivity contribution in [2.45, 2.75) is 11.4 Å². The number of halogens is 1. The summed E-state index contributed by atoms with van der Waals surface area (Å²) in [6, 6.07) is 12.5. The highest BCUT2D eigenvalue weighted by atomic mass is 32.2. The van der Waals surface area contributed by atoms with Gasteiger partial charge in [-0.2, -0.15) is 8.70 Å². The highest BCUT2D eigenvalue weighted by molar-refractivity contribution is 7.89. The molecule has 1 fully saturated rings. The van der Waals surface area contributed by atoms with E-state index in [4.69, 9.17) is 0 Å². The third-order valence-corrected chi connectivity index (χ3v) is 6.23. The van der Waals surface area contributed by atoms with Gasteiger partial charge in [0.25, 0.3) is 0 Å². The molecule has 0 radical (unpaired) electrons. The molecule has 9 heteroatoms. The van der Waals surface area contributed by atoms with E-state index in [0.717, 1.165) is 30.3 Å². The zero-order chi connectivity index (χ0) is 18.7. The predicted octanol–water partition coefficient (Wildman–Crippen LogP) is 2.24. The molecule has 0 atom stereocenters. The Labute approximate surface area is 150 Å². The number of nitro groups is 1. The van der Waals surface area contributed by atoms with Crippen LogP contribution in [0.4, 0.5) is 10.1 Å². The lowest BCUT2D eigenvalue weighted by Gasteiger charge is -2.34. The molecular weight excluding hydrogens is 361 g/mol. The van der Waals surface area contributed by atoms with Crippen molar-refractivity contribution in [1.82, 2.24) is 9.21 Å². The fourth-order valence-electron chi connectivity index (χ4n) is 2.91. The van der Waals surface area contributed by atoms with Gasteiger partial charge in [0.05, 0.1) is 9.82 Å². The highest BCUT2D eigenvalue weighted by Gasteiger charge is 2.30. The molecule has 2 aromatic rings. The first-order valence-electron chi connectivity index (χ1n) is 8.08. The molecule has 0 spiro atoms. The second kappa shape index (κ2) is 7.48. The second-order valence-corrected chi connectivity index (χ2v) is 7.97. The number of hydrogen-bond donors (Lipinski definition) is 0. The minimum Gasteiger partial charge on any atom is -0.296 e. The van der Waals surface area contributed by atoms with Crippen LogP contribution in [0.3, 0.4) is 0 Å². The average molecular weight is 379 g/mol. The molecule has 1 aliphatic rings. The van der Waals surface area contributed by atoms with Crippen molar-refractivity contribution >= 4 is 15.7 Å². The van der Waals surface area contributed by atoms with E-state index in [-0.39, 0.29) is 18.0 Å². The van der Waals surface area contributed by atoms with Gasteiger partial charge in [0, 0.05) is 38.8 Å². The van der Waals surface area contributed by atoms with Crippen molar-refractivity contribution < 1.29 is 17.7 Å². The van der Waals surface area contributed by atoms with Gasteiger partial charge in [-0.1, -0.05) is 30.3 Å². The Morgan fingerprint density at radius 2 is 1.69 bits per heavy atom. The van der Waals surface area contributed by atoms with Crippen molar-refractivity contribution in [3.05, 3.63) is 70.0 Å². The minimum absolute atomic E-state index is 0.262. The number of rotatable bonds is 5. The molecule has 2 aromatic carbocycles. The van der Waals surface area contributed by atoms with Crippen LogP contribution in [0.1, 0.15) is 5.56 Å². The van der Waals surface area contributed by atoms with Crippen LogP contribution in [0.5, 0.6) is 0 Å². The lowest BCUT2D eigenvalue weighted by Crippen LogP contribution is -2.48. The van der Waals surface area contributed by atoms with Crippen molar-refractivity contribution in [2.75, 3.05) is 26.2 Å². The largest absolute Gasteiger partial charge is 0.306 e. The highest BCUT2D eigenvalue weighted by Crippen LogP contribution is 2.25. The zero-order valence-electron chi connectivity index (χ0n) is 13.9. The van der Waals surface area contributed by atoms with Gasteiger partial charge in [-0.25, -0.2) is 8.42 Å². The zero-order valence-corrected chi connectivity index (χ0v) is 14.7. The normalized spacial score (nSPS) is 16.5. The van der Waals surface area contributed by atoms with Gasteiger partial charge in [-0.15, -0.1) is 0 Å². The molecular formula is C17H18FN3O4S. The van der Waals surface area contributed by atoms with Crippen LogP contribution >= 0.6 is 0 Å². The predicted molar refractivity (Wildman–Crippen MR) is 93.5 cm³/mol. The van der Waals surface area contributed by atoms with Gasteiger partial charge in [0.1, 0.15) is 0 Å². The van der Waals surface area contributed by atoms with Crippen molar-refractivity contribution in [2.24, 2.45) is 0 Å². The molecule has 1 heterocycles. The maximum absolute atomic E-state index is 13.5. The summed E-state index contributed by atoms with van der Waals surface area (Å²) in [6.45, 7) is 2.40. The first kappa shape index (κ1) is 18.4. The Balaban J connectivity index is 1.70. The minimum atomic E-state index is -3.90. The molecule has 0 saturated carbocycles. The molecule has 0 unspecified atom stereocenters. The summed E-state index contributed by atoms with van der Waals surface area (Å²) in [5.41, 5.74) is 0.312. The fraction of sp³-hybridized carbons (Fsp3) is 0.294. The van der Waals surface area contributed by atoms with Gasteiger partial charge in [0.2, 0.25) is 15.8 Å². The first-order chi connectivity index (χ1) is 12.4. The molecule has 3 rings (SSSR count). The summed E-state index contributed by atoms with van der Waals surface area (Å²) < 4.78 is 40.1. The van der Waals surface area contributed by atoms with Crippen LogP contribution in [0.25, 0.3) is 0 Å². The van der Waals surface area contributed by atoms with Gasteiger partial charge >= 0.3 is 5.69 Å². The SMILES string of the molecule is O=[N+]([O-])c1cc(S(=O)(=O)N2CCN(Cc3ccccc3)CC2)ccc1F. The Bertz CT molecular complexity index is 897. The monoisotopic (exact) mass is 379 g/mol. The standard InChI is InChI=1S/C17H18FN3O4S/c18-16-7-6-15(12-17(16)21(22)23)26(24,25)20-10-8-19(9-11-20)13-14-4-2-1-3-5-14/h1-7,12H,8-11,13H2. The first-order valence-corrected chi connectivity index (χ1v) is 9.52. The van der Waals surface area contributed by atoms with E-state index in [9.17, 15) is 22.9 Å². The Hall–Kier alpha value is -2.36. The summed E-state index contributed by atoms with van der Waals surface area (Å²) in [6.07, 6.45) is 0. The van der Waals surface area contributed by atoms with Crippen molar-refractivity contribution in [1.29, 1.82) is 0 Å². The molecule has 1 aliphatic heterocycles. The quantitative estimate of drug-likeness (QED) is 0.588. The van der Waals surface area contributed by atoms with Crippen molar-refractivity contribution in [3.63, 3.8) is 0 Å². The smallest absolute Gasteiger partial charge is 0.296 e. The summed E-state index contributed by atoms with van der Waals surface area (Å²) >= 11 is 0. The third kappa shape index (κ3) is 3.90. The van der Waals surface area contributed by atoms with Gasteiger partial charge < -0.3 is 0 Å². The van der Waals surface area contributed by atoms with E-state index < -0.39 is 26.5 Å². The molecule has 7 nitrogen and oxygen atoms in total. The lowest BCUT2D eigenvalue weighted by atomic mass is 10.2. The topological polar surface area (TPSA) is 83.8 Å². The van der Waals surface area contributed by atoms with Gasteiger partial charge in [-0.05, 0) is 17.7 Å². The molecule has 138 valence electrons. The van der Waals surface area contributed by atoms with Crippen LogP contribution in [0.2, 0.25) is 0 Å². The van der Waals surface area contributed by atoms with E-state index in [2.05, 4.69) is 4.90 Å². The molecule has 1 saturated heterocycles. The van der Waals surface area contributed by atoms with Crippen molar-refractivity contribution in [3.8, 4) is 0 Å². The number of nitrogens with zero attached hydrogens (tertiary/aromatic N) is 3. The summed E-state index contributed by atoms with van der Waals surface area (Å²) in [5, 5.41) is 10.8. The molecule has 0 N–H and O–H groups in total. The van der Waals surface area contributed by atoms with Crippen LogP contribution < -0.4 is 0 Å².